The zero-order valence-corrected chi connectivity index (χ0v) is 23.0. The Morgan fingerprint density at radius 3 is 2.35 bits per heavy atom. The van der Waals surface area contributed by atoms with Gasteiger partial charge in [-0.1, -0.05) is 82.1 Å². The van der Waals surface area contributed by atoms with Crippen LogP contribution in [0.4, 0.5) is 0 Å². The number of fused-ring (bicyclic) bond motifs is 1. The number of esters is 1. The third-order valence-corrected chi connectivity index (χ3v) is 6.75. The maximum Gasteiger partial charge on any atom is 0.331 e. The fourth-order valence-electron chi connectivity index (χ4n) is 5.13. The lowest BCUT2D eigenvalue weighted by molar-refractivity contribution is -0.143. The van der Waals surface area contributed by atoms with Gasteiger partial charge in [-0.25, -0.2) is 4.79 Å². The van der Waals surface area contributed by atoms with Crippen LogP contribution in [0, 0.1) is 0 Å². The molecule has 0 N–H and O–H groups in total. The molecular formula is C31H41NO5. The minimum atomic E-state index is -0.631. The lowest BCUT2D eigenvalue weighted by Gasteiger charge is -2.33. The normalized spacial score (nSPS) is 14.6. The van der Waals surface area contributed by atoms with Gasteiger partial charge in [0.25, 0.3) is 0 Å². The van der Waals surface area contributed by atoms with E-state index >= 15 is 0 Å². The summed E-state index contributed by atoms with van der Waals surface area (Å²) >= 11 is 0. The molecule has 1 aromatic rings. The average Bonchev–Trinajstić information content (AvgIpc) is 3.09. The number of unbranched alkanes of at least 4 members (excludes halogenated alkanes) is 1. The minimum Gasteiger partial charge on any atom is -0.466 e. The van der Waals surface area contributed by atoms with E-state index in [0.717, 1.165) is 49.7 Å². The van der Waals surface area contributed by atoms with Gasteiger partial charge < -0.3 is 9.57 Å². The predicted octanol–water partition coefficient (Wildman–Crippen LogP) is 7.28. The van der Waals surface area contributed by atoms with E-state index in [9.17, 15) is 14.4 Å². The van der Waals surface area contributed by atoms with Crippen LogP contribution in [0.2, 0.25) is 0 Å². The van der Waals surface area contributed by atoms with Crippen molar-refractivity contribution in [1.82, 2.24) is 0 Å². The number of hydrogen-bond donors (Lipinski definition) is 0. The number of rotatable bonds is 15. The summed E-state index contributed by atoms with van der Waals surface area (Å²) in [4.78, 5) is 41.9. The number of oxime groups is 1. The summed E-state index contributed by atoms with van der Waals surface area (Å²) in [5.74, 6) is -1.40. The molecule has 0 amide bonds. The average molecular weight is 508 g/mol. The number of ether oxygens (including phenoxy) is 1. The zero-order chi connectivity index (χ0) is 27.4. The van der Waals surface area contributed by atoms with Crippen LogP contribution in [0.3, 0.4) is 0 Å². The fraction of sp³-hybridized carbons (Fsp3) is 0.484. The Labute approximate surface area is 221 Å². The lowest BCUT2D eigenvalue weighted by atomic mass is 9.70. The Bertz CT molecular complexity index is 1090. The summed E-state index contributed by atoms with van der Waals surface area (Å²) < 4.78 is 5.21. The molecule has 0 saturated heterocycles. The summed E-state index contributed by atoms with van der Waals surface area (Å²) in [6.07, 6.45) is 11.5. The molecule has 0 heterocycles. The van der Waals surface area contributed by atoms with E-state index in [-0.39, 0.29) is 29.8 Å². The second-order valence-corrected chi connectivity index (χ2v) is 9.50. The lowest BCUT2D eigenvalue weighted by Crippen LogP contribution is -2.26. The van der Waals surface area contributed by atoms with Crippen LogP contribution in [0.5, 0.6) is 0 Å². The van der Waals surface area contributed by atoms with Crippen LogP contribution in [-0.2, 0) is 24.6 Å². The molecule has 0 unspecified atom stereocenters. The molecule has 0 bridgehead atoms. The number of ketones is 1. The molecule has 1 aromatic carbocycles. The molecule has 0 spiro atoms. The maximum absolute atomic E-state index is 13.6. The van der Waals surface area contributed by atoms with E-state index in [2.05, 4.69) is 38.6 Å². The summed E-state index contributed by atoms with van der Waals surface area (Å²) in [6.45, 7) is 13.9. The molecule has 6 nitrogen and oxygen atoms in total. The largest absolute Gasteiger partial charge is 0.466 e. The summed E-state index contributed by atoms with van der Waals surface area (Å²) in [5, 5.41) is 3.82. The molecule has 0 atom stereocenters. The van der Waals surface area contributed by atoms with E-state index in [1.165, 1.54) is 18.1 Å². The Morgan fingerprint density at radius 2 is 1.76 bits per heavy atom. The van der Waals surface area contributed by atoms with E-state index in [4.69, 9.17) is 9.57 Å². The van der Waals surface area contributed by atoms with Crippen molar-refractivity contribution in [2.45, 2.75) is 91.4 Å². The highest BCUT2D eigenvalue weighted by molar-refractivity contribution is 6.46. The Morgan fingerprint density at radius 1 is 1.05 bits per heavy atom. The maximum atomic E-state index is 13.6. The van der Waals surface area contributed by atoms with E-state index in [1.807, 2.05) is 25.1 Å². The van der Waals surface area contributed by atoms with Gasteiger partial charge in [-0.15, -0.1) is 0 Å². The van der Waals surface area contributed by atoms with Crippen LogP contribution < -0.4 is 0 Å². The van der Waals surface area contributed by atoms with Crippen molar-refractivity contribution in [3.8, 4) is 0 Å². The third-order valence-electron chi connectivity index (χ3n) is 6.75. The van der Waals surface area contributed by atoms with Gasteiger partial charge in [0.1, 0.15) is 5.71 Å². The van der Waals surface area contributed by atoms with Gasteiger partial charge in [0.15, 0.2) is 0 Å². The minimum absolute atomic E-state index is 0.0206. The Kier molecular flexibility index (Phi) is 11.7. The van der Waals surface area contributed by atoms with Crippen molar-refractivity contribution < 1.29 is 24.0 Å². The highest BCUT2D eigenvalue weighted by atomic mass is 16.7. The zero-order valence-electron chi connectivity index (χ0n) is 23.0. The second-order valence-electron chi connectivity index (χ2n) is 9.50. The van der Waals surface area contributed by atoms with Gasteiger partial charge in [-0.05, 0) is 54.5 Å². The van der Waals surface area contributed by atoms with Gasteiger partial charge in [-0.2, -0.15) is 0 Å². The highest BCUT2D eigenvalue weighted by Gasteiger charge is 2.41. The molecule has 0 fully saturated rings. The highest BCUT2D eigenvalue weighted by Crippen LogP contribution is 2.52. The van der Waals surface area contributed by atoms with Crippen molar-refractivity contribution in [2.75, 3.05) is 6.61 Å². The van der Waals surface area contributed by atoms with Crippen LogP contribution in [0.1, 0.15) is 107 Å². The van der Waals surface area contributed by atoms with Crippen molar-refractivity contribution in [3.63, 3.8) is 0 Å². The molecule has 0 saturated carbocycles. The summed E-state index contributed by atoms with van der Waals surface area (Å²) in [5.41, 5.74) is 5.02. The topological polar surface area (TPSA) is 82.0 Å². The number of carbonyl (C=O) groups is 3. The molecule has 200 valence electrons. The Hall–Kier alpha value is -3.28. The monoisotopic (exact) mass is 507 g/mol. The molecule has 37 heavy (non-hydrogen) atoms. The van der Waals surface area contributed by atoms with Crippen molar-refractivity contribution in [3.05, 3.63) is 65.3 Å². The molecule has 1 aliphatic carbocycles. The van der Waals surface area contributed by atoms with Gasteiger partial charge in [0.05, 0.1) is 13.0 Å². The van der Waals surface area contributed by atoms with E-state index in [0.29, 0.717) is 12.2 Å². The van der Waals surface area contributed by atoms with Crippen LogP contribution in [0.25, 0.3) is 5.57 Å². The number of nitrogens with zero attached hydrogens (tertiary/aromatic N) is 1. The molecular weight excluding hydrogens is 466 g/mol. The van der Waals surface area contributed by atoms with Crippen molar-refractivity contribution in [1.29, 1.82) is 0 Å². The standard InChI is InChI=1S/C31H41NO5/c1-7-11-13-26-22(5)25-15-14-24(21-27(25)31(26,18-9-3)19-10-4)30(35)28(32-37-23(6)33)16-17-29(34)36-20-12-8-2/h7,11,13-15,21H,1,8-10,12,16-20H2,2-6H3/b13-11-,32-28+. The molecule has 0 radical (unpaired) electrons. The number of benzene rings is 1. The van der Waals surface area contributed by atoms with Crippen LogP contribution in [-0.4, -0.2) is 30.0 Å². The molecule has 0 aromatic heterocycles. The van der Waals surface area contributed by atoms with Crippen LogP contribution >= 0.6 is 0 Å². The number of Topliss-reactive ketones (excluding diaryl/α,β-unsaturated/α-hetero) is 1. The third kappa shape index (κ3) is 7.37. The molecule has 1 aliphatic rings. The van der Waals surface area contributed by atoms with Crippen molar-refractivity contribution in [2.24, 2.45) is 5.16 Å². The van der Waals surface area contributed by atoms with E-state index < -0.39 is 11.9 Å². The quantitative estimate of drug-likeness (QED) is 0.0474. The number of hydrogen-bond acceptors (Lipinski definition) is 6. The predicted molar refractivity (Wildman–Crippen MR) is 148 cm³/mol. The first-order chi connectivity index (χ1) is 17.7. The second kappa shape index (κ2) is 14.5. The number of carbonyl (C=O) groups excluding carboxylic acids is 3. The van der Waals surface area contributed by atoms with Gasteiger partial charge in [0.2, 0.25) is 5.78 Å². The van der Waals surface area contributed by atoms with Crippen LogP contribution in [0.15, 0.2) is 53.7 Å². The molecule has 6 heteroatoms. The first-order valence-electron chi connectivity index (χ1n) is 13.4. The molecule has 0 aliphatic heterocycles. The Balaban J connectivity index is 2.46. The number of allylic oxidation sites excluding steroid dienone is 5. The molecule has 2 rings (SSSR count). The van der Waals surface area contributed by atoms with Crippen molar-refractivity contribution >= 4 is 29.0 Å². The summed E-state index contributed by atoms with van der Waals surface area (Å²) in [6, 6.07) is 5.75. The first-order valence-corrected chi connectivity index (χ1v) is 13.4. The fourth-order valence-corrected chi connectivity index (χ4v) is 5.13. The summed E-state index contributed by atoms with van der Waals surface area (Å²) in [7, 11) is 0. The van der Waals surface area contributed by atoms with Gasteiger partial charge in [0, 0.05) is 24.3 Å². The first kappa shape index (κ1) is 29.9. The van der Waals surface area contributed by atoms with E-state index in [1.54, 1.807) is 12.1 Å². The SMILES string of the molecule is C=C/C=C\C1=C(C)c2ccc(C(=O)/C(CCC(=O)OCCCC)=N/OC(C)=O)cc2C1(CCC)CCC. The van der Waals surface area contributed by atoms with Gasteiger partial charge >= 0.3 is 11.9 Å². The van der Waals surface area contributed by atoms with Gasteiger partial charge in [-0.3, -0.25) is 9.59 Å². The smallest absolute Gasteiger partial charge is 0.331 e.